The highest BCUT2D eigenvalue weighted by Crippen LogP contribution is 2.33. The fourth-order valence-corrected chi connectivity index (χ4v) is 3.91. The Morgan fingerprint density at radius 2 is 1.89 bits per heavy atom. The van der Waals surface area contributed by atoms with Gasteiger partial charge in [0.1, 0.15) is 11.5 Å². The van der Waals surface area contributed by atoms with Crippen LogP contribution in [0.4, 0.5) is 0 Å². The molecule has 1 heterocycles. The van der Waals surface area contributed by atoms with Crippen molar-refractivity contribution in [2.75, 3.05) is 40.0 Å². The van der Waals surface area contributed by atoms with Crippen LogP contribution in [0.5, 0.6) is 11.5 Å². The summed E-state index contributed by atoms with van der Waals surface area (Å²) in [7, 11) is 1.70. The van der Waals surface area contributed by atoms with Crippen molar-refractivity contribution in [3.05, 3.63) is 66.2 Å². The van der Waals surface area contributed by atoms with Gasteiger partial charge >= 0.3 is 0 Å². The lowest BCUT2D eigenvalue weighted by Gasteiger charge is -2.41. The van der Waals surface area contributed by atoms with Crippen LogP contribution >= 0.6 is 0 Å². The van der Waals surface area contributed by atoms with Crippen LogP contribution in [0.3, 0.4) is 0 Å². The van der Waals surface area contributed by atoms with Crippen molar-refractivity contribution in [1.82, 2.24) is 4.90 Å². The average Bonchev–Trinajstić information content (AvgIpc) is 2.75. The van der Waals surface area contributed by atoms with E-state index in [9.17, 15) is 5.11 Å². The molecular weight excluding hydrogens is 350 g/mol. The molecule has 2 aromatic carbocycles. The van der Waals surface area contributed by atoms with E-state index >= 15 is 0 Å². The predicted octanol–water partition coefficient (Wildman–Crippen LogP) is 4.25. The third-order valence-electron chi connectivity index (χ3n) is 5.52. The largest absolute Gasteiger partial charge is 0.496 e. The second-order valence-electron chi connectivity index (χ2n) is 7.55. The number of para-hydroxylation sites is 2. The number of hydrogen-bond donors (Lipinski definition) is 1. The van der Waals surface area contributed by atoms with Gasteiger partial charge < -0.3 is 14.6 Å². The Balaban J connectivity index is 1.53. The molecule has 0 spiro atoms. The molecule has 1 N–H and O–H groups in total. The zero-order chi connectivity index (χ0) is 19.7. The average molecular weight is 382 g/mol. The minimum Gasteiger partial charge on any atom is -0.496 e. The fourth-order valence-electron chi connectivity index (χ4n) is 3.91. The highest BCUT2D eigenvalue weighted by Gasteiger charge is 2.34. The lowest BCUT2D eigenvalue weighted by molar-refractivity contribution is 0.0204. The van der Waals surface area contributed by atoms with Crippen molar-refractivity contribution in [2.24, 2.45) is 5.41 Å². The summed E-state index contributed by atoms with van der Waals surface area (Å²) < 4.78 is 11.3. The first-order chi connectivity index (χ1) is 13.7. The molecule has 1 unspecified atom stereocenters. The van der Waals surface area contributed by atoms with Gasteiger partial charge in [-0.1, -0.05) is 48.6 Å². The molecule has 28 heavy (non-hydrogen) atoms. The minimum absolute atomic E-state index is 0.0781. The zero-order valence-corrected chi connectivity index (χ0v) is 16.7. The van der Waals surface area contributed by atoms with Gasteiger partial charge in [0, 0.05) is 24.1 Å². The maximum Gasteiger partial charge on any atom is 0.126 e. The lowest BCUT2D eigenvalue weighted by atomic mass is 9.78. The Kier molecular flexibility index (Phi) is 7.52. The van der Waals surface area contributed by atoms with E-state index in [0.717, 1.165) is 56.0 Å². The molecule has 4 nitrogen and oxygen atoms in total. The Hall–Kier alpha value is -2.30. The molecule has 4 heteroatoms. The Morgan fingerprint density at radius 3 is 2.68 bits per heavy atom. The van der Waals surface area contributed by atoms with Gasteiger partial charge in [-0.2, -0.15) is 0 Å². The standard InChI is InChI=1S/C24H31NO3/c1-27-23-13-6-5-9-21(23)10-7-16-25-17-8-14-24(19-25,20-26)15-18-28-22-11-3-2-4-12-22/h2-7,9-13,26H,8,14-20H2,1H3. The van der Waals surface area contributed by atoms with Crippen molar-refractivity contribution in [1.29, 1.82) is 0 Å². The zero-order valence-electron chi connectivity index (χ0n) is 16.7. The quantitative estimate of drug-likeness (QED) is 0.705. The van der Waals surface area contributed by atoms with Crippen molar-refractivity contribution >= 4 is 6.08 Å². The third-order valence-corrected chi connectivity index (χ3v) is 5.52. The van der Waals surface area contributed by atoms with Crippen molar-refractivity contribution in [3.63, 3.8) is 0 Å². The van der Waals surface area contributed by atoms with Gasteiger partial charge in [-0.3, -0.25) is 4.90 Å². The fraction of sp³-hybridized carbons (Fsp3) is 0.417. The van der Waals surface area contributed by atoms with Gasteiger partial charge in [-0.05, 0) is 44.0 Å². The van der Waals surface area contributed by atoms with Crippen LogP contribution in [0.25, 0.3) is 6.08 Å². The Bertz CT molecular complexity index is 747. The second kappa shape index (κ2) is 10.3. The molecule has 1 atom stereocenters. The third kappa shape index (κ3) is 5.60. The maximum absolute atomic E-state index is 10.1. The van der Waals surface area contributed by atoms with E-state index in [1.807, 2.05) is 48.5 Å². The molecule has 3 rings (SSSR count). The number of ether oxygens (including phenoxy) is 2. The van der Waals surface area contributed by atoms with Crippen molar-refractivity contribution < 1.29 is 14.6 Å². The molecule has 1 fully saturated rings. The minimum atomic E-state index is -0.0781. The first kappa shape index (κ1) is 20.4. The number of aliphatic hydroxyl groups excluding tert-OH is 1. The molecule has 0 radical (unpaired) electrons. The molecular formula is C24H31NO3. The molecule has 0 bridgehead atoms. The maximum atomic E-state index is 10.1. The summed E-state index contributed by atoms with van der Waals surface area (Å²) >= 11 is 0. The summed E-state index contributed by atoms with van der Waals surface area (Å²) in [6.45, 7) is 3.68. The molecule has 2 aromatic rings. The van der Waals surface area contributed by atoms with Crippen LogP contribution < -0.4 is 9.47 Å². The molecule has 1 aliphatic rings. The number of piperidine rings is 1. The van der Waals surface area contributed by atoms with E-state index in [-0.39, 0.29) is 12.0 Å². The van der Waals surface area contributed by atoms with E-state index in [0.29, 0.717) is 6.61 Å². The van der Waals surface area contributed by atoms with Crippen LogP contribution in [0, 0.1) is 5.41 Å². The second-order valence-corrected chi connectivity index (χ2v) is 7.55. The number of methoxy groups -OCH3 is 1. The SMILES string of the molecule is COc1ccccc1C=CCN1CCCC(CO)(CCOc2ccccc2)C1. The van der Waals surface area contributed by atoms with Gasteiger partial charge in [0.25, 0.3) is 0 Å². The number of nitrogens with zero attached hydrogens (tertiary/aromatic N) is 1. The van der Waals surface area contributed by atoms with Crippen molar-refractivity contribution in [2.45, 2.75) is 19.3 Å². The molecule has 150 valence electrons. The topological polar surface area (TPSA) is 41.9 Å². The van der Waals surface area contributed by atoms with Crippen LogP contribution in [0.15, 0.2) is 60.7 Å². The summed E-state index contributed by atoms with van der Waals surface area (Å²) in [5, 5.41) is 10.1. The predicted molar refractivity (Wildman–Crippen MR) is 114 cm³/mol. The van der Waals surface area contributed by atoms with Gasteiger partial charge in [0.05, 0.1) is 20.3 Å². The molecule has 1 saturated heterocycles. The van der Waals surface area contributed by atoms with Crippen molar-refractivity contribution in [3.8, 4) is 11.5 Å². The summed E-state index contributed by atoms with van der Waals surface area (Å²) in [6, 6.07) is 17.9. The summed E-state index contributed by atoms with van der Waals surface area (Å²) in [5.74, 6) is 1.78. The highest BCUT2D eigenvalue weighted by atomic mass is 16.5. The number of hydrogen-bond acceptors (Lipinski definition) is 4. The first-order valence-electron chi connectivity index (χ1n) is 10.1. The van der Waals surface area contributed by atoms with E-state index in [1.165, 1.54) is 0 Å². The number of likely N-dealkylation sites (tertiary alicyclic amines) is 1. The smallest absolute Gasteiger partial charge is 0.126 e. The molecule has 0 aliphatic carbocycles. The lowest BCUT2D eigenvalue weighted by Crippen LogP contribution is -2.46. The van der Waals surface area contributed by atoms with Gasteiger partial charge in [-0.25, -0.2) is 0 Å². The van der Waals surface area contributed by atoms with E-state index < -0.39 is 0 Å². The number of rotatable bonds is 9. The summed E-state index contributed by atoms with van der Waals surface area (Å²) in [5.41, 5.74) is 1.01. The van der Waals surface area contributed by atoms with Crippen LogP contribution in [-0.4, -0.2) is 50.0 Å². The van der Waals surface area contributed by atoms with Gasteiger partial charge in [-0.15, -0.1) is 0 Å². The van der Waals surface area contributed by atoms with Crippen LogP contribution in [0.2, 0.25) is 0 Å². The molecule has 0 aromatic heterocycles. The van der Waals surface area contributed by atoms with Crippen LogP contribution in [-0.2, 0) is 0 Å². The van der Waals surface area contributed by atoms with E-state index in [4.69, 9.17) is 9.47 Å². The number of benzene rings is 2. The molecule has 1 aliphatic heterocycles. The molecule has 0 amide bonds. The highest BCUT2D eigenvalue weighted by molar-refractivity contribution is 5.57. The van der Waals surface area contributed by atoms with E-state index in [2.05, 4.69) is 23.1 Å². The number of aliphatic hydroxyl groups is 1. The Morgan fingerprint density at radius 1 is 1.11 bits per heavy atom. The molecule has 0 saturated carbocycles. The van der Waals surface area contributed by atoms with Gasteiger partial charge in [0.15, 0.2) is 0 Å². The Labute approximate surface area is 168 Å². The van der Waals surface area contributed by atoms with Gasteiger partial charge in [0.2, 0.25) is 0 Å². The summed E-state index contributed by atoms with van der Waals surface area (Å²) in [6.07, 6.45) is 7.33. The first-order valence-corrected chi connectivity index (χ1v) is 10.1. The van der Waals surface area contributed by atoms with Crippen LogP contribution in [0.1, 0.15) is 24.8 Å². The monoisotopic (exact) mass is 381 g/mol. The normalized spacial score (nSPS) is 20.4. The summed E-state index contributed by atoms with van der Waals surface area (Å²) in [4.78, 5) is 2.42. The van der Waals surface area contributed by atoms with E-state index in [1.54, 1.807) is 7.11 Å².